The Bertz CT molecular complexity index is 1150. The van der Waals surface area contributed by atoms with Crippen LogP contribution in [0.15, 0.2) is 41.5 Å². The summed E-state index contributed by atoms with van der Waals surface area (Å²) in [7, 11) is 0. The van der Waals surface area contributed by atoms with Crippen LogP contribution in [0.3, 0.4) is 0 Å². The molecule has 9 heteroatoms. The van der Waals surface area contributed by atoms with Crippen LogP contribution < -0.4 is 10.5 Å². The molecule has 0 radical (unpaired) electrons. The third kappa shape index (κ3) is 3.87. The van der Waals surface area contributed by atoms with Gasteiger partial charge in [0.2, 0.25) is 11.9 Å². The number of amides is 1. The van der Waals surface area contributed by atoms with Crippen molar-refractivity contribution in [1.82, 2.24) is 25.1 Å². The Balaban J connectivity index is 1.22. The van der Waals surface area contributed by atoms with Gasteiger partial charge in [0.25, 0.3) is 5.56 Å². The van der Waals surface area contributed by atoms with E-state index < -0.39 is 0 Å². The molecule has 0 spiro atoms. The summed E-state index contributed by atoms with van der Waals surface area (Å²) in [5.41, 5.74) is 0.644. The lowest BCUT2D eigenvalue weighted by molar-refractivity contribution is -0.134. The summed E-state index contributed by atoms with van der Waals surface area (Å²) in [6, 6.07) is 7.84. The maximum atomic E-state index is 13.0. The van der Waals surface area contributed by atoms with Crippen LogP contribution in [0, 0.1) is 0 Å². The molecule has 0 saturated carbocycles. The number of carbonyl (C=O) groups is 1. The van der Waals surface area contributed by atoms with Gasteiger partial charge in [-0.1, -0.05) is 29.8 Å². The highest BCUT2D eigenvalue weighted by atomic mass is 35.5. The van der Waals surface area contributed by atoms with Gasteiger partial charge in [-0.3, -0.25) is 9.59 Å². The zero-order chi connectivity index (χ0) is 21.4. The van der Waals surface area contributed by atoms with Crippen molar-refractivity contribution in [2.24, 2.45) is 0 Å². The average Bonchev–Trinajstić information content (AvgIpc) is 3.05. The zero-order valence-corrected chi connectivity index (χ0v) is 17.8. The van der Waals surface area contributed by atoms with E-state index in [0.29, 0.717) is 35.6 Å². The van der Waals surface area contributed by atoms with E-state index in [4.69, 9.17) is 11.6 Å². The van der Waals surface area contributed by atoms with Gasteiger partial charge >= 0.3 is 0 Å². The van der Waals surface area contributed by atoms with Gasteiger partial charge < -0.3 is 9.80 Å². The molecule has 2 unspecified atom stereocenters. The molecular weight excluding hydrogens is 416 g/mol. The molecule has 1 aromatic carbocycles. The summed E-state index contributed by atoms with van der Waals surface area (Å²) >= 11 is 5.90. The number of rotatable bonds is 5. The lowest BCUT2D eigenvalue weighted by atomic mass is 10.1. The van der Waals surface area contributed by atoms with Gasteiger partial charge in [-0.25, -0.2) is 15.1 Å². The number of nitrogens with zero attached hydrogens (tertiary/aromatic N) is 5. The number of aromatic nitrogens is 4. The molecule has 2 saturated heterocycles. The number of hydrogen-bond acceptors (Lipinski definition) is 6. The number of fused-ring (bicyclic) bond motifs is 3. The maximum Gasteiger partial charge on any atom is 0.272 e. The average molecular weight is 439 g/mol. The highest BCUT2D eigenvalue weighted by molar-refractivity contribution is 6.30. The number of hydrogen-bond donors (Lipinski definition) is 1. The second-order valence-corrected chi connectivity index (χ2v) is 8.63. The highest BCUT2D eigenvalue weighted by Gasteiger charge is 2.42. The molecule has 1 amide bonds. The van der Waals surface area contributed by atoms with Gasteiger partial charge in [-0.15, -0.1) is 0 Å². The van der Waals surface area contributed by atoms with Crippen LogP contribution in [-0.4, -0.2) is 56.1 Å². The predicted molar refractivity (Wildman–Crippen MR) is 118 cm³/mol. The molecule has 0 aliphatic carbocycles. The standard InChI is InChI=1S/C22H23ClN6O2/c23-14-10-24-22(25-11-14)28-12-15-8-9-16(13-28)29(15)20(30)7-3-6-19-17-4-1-2-5-18(17)21(31)27-26-19/h1-2,4-5,10-11,15-16H,3,6-9,12-13H2,(H,27,31). The molecule has 8 nitrogen and oxygen atoms in total. The minimum absolute atomic E-state index is 0.186. The Morgan fingerprint density at radius 2 is 1.77 bits per heavy atom. The Labute approximate surface area is 184 Å². The summed E-state index contributed by atoms with van der Waals surface area (Å²) in [6.07, 6.45) is 7.05. The molecule has 5 rings (SSSR count). The second kappa shape index (κ2) is 8.26. The topological polar surface area (TPSA) is 95.1 Å². The summed E-state index contributed by atoms with van der Waals surface area (Å²) in [5, 5.41) is 8.79. The van der Waals surface area contributed by atoms with Crippen LogP contribution in [0.25, 0.3) is 10.8 Å². The number of halogens is 1. The van der Waals surface area contributed by atoms with Gasteiger partial charge in [0.1, 0.15) is 0 Å². The molecule has 31 heavy (non-hydrogen) atoms. The Morgan fingerprint density at radius 3 is 2.48 bits per heavy atom. The molecule has 2 aliphatic heterocycles. The van der Waals surface area contributed by atoms with E-state index in [0.717, 1.165) is 37.0 Å². The van der Waals surface area contributed by atoms with Crippen molar-refractivity contribution in [3.05, 3.63) is 57.7 Å². The summed E-state index contributed by atoms with van der Waals surface area (Å²) in [6.45, 7) is 1.49. The molecule has 2 fully saturated rings. The molecule has 2 atom stereocenters. The number of anilines is 1. The molecule has 160 valence electrons. The van der Waals surface area contributed by atoms with Gasteiger partial charge in [0, 0.05) is 37.0 Å². The van der Waals surface area contributed by atoms with Crippen molar-refractivity contribution in [2.75, 3.05) is 18.0 Å². The minimum atomic E-state index is -0.186. The van der Waals surface area contributed by atoms with Crippen molar-refractivity contribution in [3.63, 3.8) is 0 Å². The number of carbonyl (C=O) groups excluding carboxylic acids is 1. The second-order valence-electron chi connectivity index (χ2n) is 8.19. The first-order chi connectivity index (χ1) is 15.1. The van der Waals surface area contributed by atoms with E-state index >= 15 is 0 Å². The summed E-state index contributed by atoms with van der Waals surface area (Å²) < 4.78 is 0. The van der Waals surface area contributed by atoms with Crippen LogP contribution in [0.2, 0.25) is 5.02 Å². The molecule has 2 bridgehead atoms. The summed E-state index contributed by atoms with van der Waals surface area (Å²) in [5.74, 6) is 0.863. The van der Waals surface area contributed by atoms with Crippen LogP contribution >= 0.6 is 11.6 Å². The molecule has 2 aliphatic rings. The molecular formula is C22H23ClN6O2. The molecule has 1 N–H and O–H groups in total. The van der Waals surface area contributed by atoms with Crippen molar-refractivity contribution in [2.45, 2.75) is 44.2 Å². The van der Waals surface area contributed by atoms with Crippen LogP contribution in [0.5, 0.6) is 0 Å². The normalized spacial score (nSPS) is 20.4. The van der Waals surface area contributed by atoms with Gasteiger partial charge in [-0.05, 0) is 31.7 Å². The first kappa shape index (κ1) is 19.9. The first-order valence-electron chi connectivity index (χ1n) is 10.6. The minimum Gasteiger partial charge on any atom is -0.337 e. The Hall–Kier alpha value is -3.00. The fraction of sp³-hybridized carbons (Fsp3) is 0.409. The van der Waals surface area contributed by atoms with Crippen LogP contribution in [-0.2, 0) is 11.2 Å². The number of benzene rings is 1. The number of aromatic amines is 1. The number of nitrogens with one attached hydrogen (secondary N) is 1. The highest BCUT2D eigenvalue weighted by Crippen LogP contribution is 2.32. The smallest absolute Gasteiger partial charge is 0.272 e. The molecule has 4 heterocycles. The van der Waals surface area contributed by atoms with Gasteiger partial charge in [-0.2, -0.15) is 5.10 Å². The first-order valence-corrected chi connectivity index (χ1v) is 11.0. The van der Waals surface area contributed by atoms with E-state index in [1.807, 2.05) is 18.2 Å². The number of aryl methyl sites for hydroxylation is 1. The van der Waals surface area contributed by atoms with Crippen LogP contribution in [0.1, 0.15) is 31.4 Å². The van der Waals surface area contributed by atoms with Crippen molar-refractivity contribution < 1.29 is 4.79 Å². The number of H-pyrrole nitrogens is 1. The van der Waals surface area contributed by atoms with Crippen molar-refractivity contribution in [1.29, 1.82) is 0 Å². The van der Waals surface area contributed by atoms with Gasteiger partial charge in [0.05, 0.1) is 28.5 Å². The van der Waals surface area contributed by atoms with Crippen molar-refractivity contribution in [3.8, 4) is 0 Å². The lowest BCUT2D eigenvalue weighted by Gasteiger charge is -2.41. The fourth-order valence-corrected chi connectivity index (χ4v) is 4.94. The predicted octanol–water partition coefficient (Wildman–Crippen LogP) is 2.57. The van der Waals surface area contributed by atoms with E-state index in [2.05, 4.69) is 30.0 Å². The third-order valence-corrected chi connectivity index (χ3v) is 6.43. The molecule has 3 aromatic rings. The van der Waals surface area contributed by atoms with Gasteiger partial charge in [0.15, 0.2) is 0 Å². The third-order valence-electron chi connectivity index (χ3n) is 6.24. The fourth-order valence-electron chi connectivity index (χ4n) is 4.84. The SMILES string of the molecule is O=C(CCCc1n[nH]c(=O)c2ccccc12)N1C2CCC1CN(c1ncc(Cl)cn1)C2. The zero-order valence-electron chi connectivity index (χ0n) is 17.0. The van der Waals surface area contributed by atoms with E-state index in [9.17, 15) is 9.59 Å². The Kier molecular flexibility index (Phi) is 5.31. The van der Waals surface area contributed by atoms with E-state index in [-0.39, 0.29) is 23.6 Å². The summed E-state index contributed by atoms with van der Waals surface area (Å²) in [4.78, 5) is 37.9. The van der Waals surface area contributed by atoms with Crippen LogP contribution in [0.4, 0.5) is 5.95 Å². The quantitative estimate of drug-likeness (QED) is 0.657. The monoisotopic (exact) mass is 438 g/mol. The molecule has 2 aromatic heterocycles. The van der Waals surface area contributed by atoms with E-state index in [1.54, 1.807) is 18.5 Å². The Morgan fingerprint density at radius 1 is 1.10 bits per heavy atom. The van der Waals surface area contributed by atoms with Crippen molar-refractivity contribution >= 4 is 34.2 Å². The number of piperazine rings is 1. The lowest BCUT2D eigenvalue weighted by Crippen LogP contribution is -2.56. The maximum absolute atomic E-state index is 13.0. The largest absolute Gasteiger partial charge is 0.337 e. The van der Waals surface area contributed by atoms with E-state index in [1.165, 1.54) is 0 Å².